The van der Waals surface area contributed by atoms with Gasteiger partial charge in [-0.1, -0.05) is 18.2 Å². The third-order valence-electron chi connectivity index (χ3n) is 5.80. The lowest BCUT2D eigenvalue weighted by Gasteiger charge is -2.17. The van der Waals surface area contributed by atoms with Gasteiger partial charge in [0.15, 0.2) is 5.69 Å². The first-order valence-corrected chi connectivity index (χ1v) is 10.8. The van der Waals surface area contributed by atoms with Gasteiger partial charge in [-0.05, 0) is 72.6 Å². The highest BCUT2D eigenvalue weighted by Gasteiger charge is 2.33. The number of hydrogen-bond acceptors (Lipinski definition) is 3. The molecular formula is C26H19F3N4O2. The first kappa shape index (κ1) is 22.4. The van der Waals surface area contributed by atoms with Crippen LogP contribution in [0, 0.1) is 0 Å². The van der Waals surface area contributed by atoms with Crippen molar-refractivity contribution in [2.45, 2.75) is 12.6 Å². The van der Waals surface area contributed by atoms with Gasteiger partial charge in [0.05, 0.1) is 5.69 Å². The van der Waals surface area contributed by atoms with E-state index in [9.17, 15) is 22.8 Å². The van der Waals surface area contributed by atoms with E-state index in [1.807, 2.05) is 24.3 Å². The van der Waals surface area contributed by atoms with Gasteiger partial charge in [0.2, 0.25) is 0 Å². The topological polar surface area (TPSA) is 67.2 Å². The minimum Gasteiger partial charge on any atom is -0.322 e. The Balaban J connectivity index is 1.24. The molecule has 2 heterocycles. The number of rotatable bonds is 4. The number of nitrogens with zero attached hydrogens (tertiary/aromatic N) is 3. The van der Waals surface area contributed by atoms with Gasteiger partial charge in [0.25, 0.3) is 11.8 Å². The molecule has 9 heteroatoms. The number of para-hydroxylation sites is 1. The summed E-state index contributed by atoms with van der Waals surface area (Å²) in [4.78, 5) is 27.3. The van der Waals surface area contributed by atoms with Crippen LogP contribution in [-0.2, 0) is 12.6 Å². The molecule has 4 aromatic rings. The average molecular weight is 476 g/mol. The highest BCUT2D eigenvalue weighted by atomic mass is 19.4. The van der Waals surface area contributed by atoms with Crippen LogP contribution in [0.2, 0.25) is 0 Å². The van der Waals surface area contributed by atoms with Crippen LogP contribution in [-0.4, -0.2) is 28.1 Å². The second-order valence-corrected chi connectivity index (χ2v) is 8.06. The Kier molecular flexibility index (Phi) is 5.60. The fourth-order valence-corrected chi connectivity index (χ4v) is 3.99. The van der Waals surface area contributed by atoms with Crippen molar-refractivity contribution >= 4 is 23.2 Å². The van der Waals surface area contributed by atoms with Crippen LogP contribution in [0.15, 0.2) is 85.1 Å². The first-order valence-electron chi connectivity index (χ1n) is 10.8. The predicted molar refractivity (Wildman–Crippen MR) is 125 cm³/mol. The van der Waals surface area contributed by atoms with E-state index in [-0.39, 0.29) is 11.8 Å². The van der Waals surface area contributed by atoms with Crippen LogP contribution in [0.25, 0.3) is 5.69 Å². The largest absolute Gasteiger partial charge is 0.435 e. The second-order valence-electron chi connectivity index (χ2n) is 8.06. The van der Waals surface area contributed by atoms with Crippen LogP contribution < -0.4 is 10.2 Å². The number of amides is 2. The van der Waals surface area contributed by atoms with E-state index in [1.54, 1.807) is 29.2 Å². The molecule has 5 rings (SSSR count). The first-order chi connectivity index (χ1) is 16.8. The monoisotopic (exact) mass is 476 g/mol. The zero-order valence-corrected chi connectivity index (χ0v) is 18.3. The zero-order valence-electron chi connectivity index (χ0n) is 18.3. The molecule has 0 saturated heterocycles. The Labute approximate surface area is 198 Å². The highest BCUT2D eigenvalue weighted by Crippen LogP contribution is 2.29. The van der Waals surface area contributed by atoms with Crippen LogP contribution >= 0.6 is 0 Å². The van der Waals surface area contributed by atoms with Gasteiger partial charge < -0.3 is 10.2 Å². The van der Waals surface area contributed by atoms with Gasteiger partial charge in [-0.25, -0.2) is 4.68 Å². The van der Waals surface area contributed by atoms with Gasteiger partial charge in [0, 0.05) is 35.2 Å². The highest BCUT2D eigenvalue weighted by molar-refractivity contribution is 6.08. The molecule has 35 heavy (non-hydrogen) atoms. The van der Waals surface area contributed by atoms with Crippen molar-refractivity contribution in [3.05, 3.63) is 107 Å². The zero-order chi connectivity index (χ0) is 24.6. The molecule has 0 fully saturated rings. The summed E-state index contributed by atoms with van der Waals surface area (Å²) in [6, 6.07) is 21.4. The fraction of sp³-hybridized carbons (Fsp3) is 0.115. The van der Waals surface area contributed by atoms with E-state index in [0.29, 0.717) is 29.0 Å². The summed E-state index contributed by atoms with van der Waals surface area (Å²) in [6.07, 6.45) is -2.50. The van der Waals surface area contributed by atoms with Gasteiger partial charge in [-0.2, -0.15) is 18.3 Å². The number of benzene rings is 3. The van der Waals surface area contributed by atoms with E-state index in [1.165, 1.54) is 30.5 Å². The quantitative estimate of drug-likeness (QED) is 0.432. The van der Waals surface area contributed by atoms with Crippen LogP contribution in [0.5, 0.6) is 0 Å². The van der Waals surface area contributed by atoms with E-state index in [0.717, 1.165) is 28.4 Å². The number of fused-ring (bicyclic) bond motifs is 1. The van der Waals surface area contributed by atoms with Crippen molar-refractivity contribution in [1.29, 1.82) is 0 Å². The average Bonchev–Trinajstić information content (AvgIpc) is 3.52. The molecule has 1 aromatic heterocycles. The van der Waals surface area contributed by atoms with Gasteiger partial charge >= 0.3 is 6.18 Å². The maximum atomic E-state index is 12.9. The molecule has 0 spiro atoms. The number of anilines is 2. The standard InChI is InChI=1S/C26H19F3N4O2/c27-26(28,29)23-14-16-33(31-23)21-11-7-18(8-12-21)24(34)30-20-9-5-19(6-10-20)25(35)32-15-13-17-3-1-2-4-22(17)32/h1-12,14,16H,13,15H2,(H,30,34). The van der Waals surface area contributed by atoms with E-state index >= 15 is 0 Å². The van der Waals surface area contributed by atoms with Crippen LogP contribution in [0.3, 0.4) is 0 Å². The maximum absolute atomic E-state index is 12.9. The molecule has 0 bridgehead atoms. The number of nitrogens with one attached hydrogen (secondary N) is 1. The minimum atomic E-state index is -4.52. The van der Waals surface area contributed by atoms with Crippen molar-refractivity contribution in [2.75, 3.05) is 16.8 Å². The molecular weight excluding hydrogens is 457 g/mol. The van der Waals surface area contributed by atoms with Crippen molar-refractivity contribution in [1.82, 2.24) is 9.78 Å². The number of alkyl halides is 3. The lowest BCUT2D eigenvalue weighted by atomic mass is 10.1. The molecule has 0 saturated carbocycles. The molecule has 0 aliphatic carbocycles. The van der Waals surface area contributed by atoms with Crippen molar-refractivity contribution in [2.24, 2.45) is 0 Å². The number of halogens is 3. The summed E-state index contributed by atoms with van der Waals surface area (Å²) in [5, 5.41) is 6.28. The predicted octanol–water partition coefficient (Wildman–Crippen LogP) is 5.35. The minimum absolute atomic E-state index is 0.101. The lowest BCUT2D eigenvalue weighted by molar-refractivity contribution is -0.141. The normalized spacial score (nSPS) is 12.9. The molecule has 3 aromatic carbocycles. The maximum Gasteiger partial charge on any atom is 0.435 e. The van der Waals surface area contributed by atoms with Crippen molar-refractivity contribution in [3.8, 4) is 5.69 Å². The third-order valence-corrected chi connectivity index (χ3v) is 5.80. The lowest BCUT2D eigenvalue weighted by Crippen LogP contribution is -2.28. The Morgan fingerprint density at radius 2 is 1.54 bits per heavy atom. The van der Waals surface area contributed by atoms with E-state index in [2.05, 4.69) is 10.4 Å². The number of aromatic nitrogens is 2. The summed E-state index contributed by atoms with van der Waals surface area (Å²) < 4.78 is 39.3. The summed E-state index contributed by atoms with van der Waals surface area (Å²) in [5.41, 5.74) is 2.82. The van der Waals surface area contributed by atoms with Gasteiger partial charge in [-0.15, -0.1) is 0 Å². The summed E-state index contributed by atoms with van der Waals surface area (Å²) in [6.45, 7) is 0.628. The number of carbonyl (C=O) groups excluding carboxylic acids is 2. The Morgan fingerprint density at radius 3 is 2.23 bits per heavy atom. The Bertz CT molecular complexity index is 1390. The molecule has 1 aliphatic heterocycles. The van der Waals surface area contributed by atoms with Crippen LogP contribution in [0.4, 0.5) is 24.5 Å². The Morgan fingerprint density at radius 1 is 0.857 bits per heavy atom. The summed E-state index contributed by atoms with van der Waals surface area (Å²) >= 11 is 0. The fourth-order valence-electron chi connectivity index (χ4n) is 3.99. The molecule has 176 valence electrons. The van der Waals surface area contributed by atoms with E-state index in [4.69, 9.17) is 0 Å². The molecule has 1 aliphatic rings. The summed E-state index contributed by atoms with van der Waals surface area (Å²) in [7, 11) is 0. The molecule has 0 unspecified atom stereocenters. The summed E-state index contributed by atoms with van der Waals surface area (Å²) in [5.74, 6) is -0.490. The van der Waals surface area contributed by atoms with Gasteiger partial charge in [-0.3, -0.25) is 9.59 Å². The Hall–Kier alpha value is -4.40. The number of hydrogen-bond donors (Lipinski definition) is 1. The molecule has 0 atom stereocenters. The van der Waals surface area contributed by atoms with Gasteiger partial charge in [0.1, 0.15) is 0 Å². The molecule has 0 radical (unpaired) electrons. The third kappa shape index (κ3) is 4.52. The molecule has 6 nitrogen and oxygen atoms in total. The van der Waals surface area contributed by atoms with E-state index < -0.39 is 11.9 Å². The SMILES string of the molecule is O=C(Nc1ccc(C(=O)N2CCc3ccccc32)cc1)c1ccc(-n2ccc(C(F)(F)F)n2)cc1. The van der Waals surface area contributed by atoms with Crippen LogP contribution in [0.1, 0.15) is 32.0 Å². The molecule has 1 N–H and O–H groups in total. The van der Waals surface area contributed by atoms with Crippen molar-refractivity contribution < 1.29 is 22.8 Å². The van der Waals surface area contributed by atoms with Crippen molar-refractivity contribution in [3.63, 3.8) is 0 Å². The smallest absolute Gasteiger partial charge is 0.322 e. The molecule has 2 amide bonds. The number of carbonyl (C=O) groups is 2. The second kappa shape index (κ2) is 8.75.